The van der Waals surface area contributed by atoms with Gasteiger partial charge in [0.05, 0.1) is 18.1 Å². The third-order valence-corrected chi connectivity index (χ3v) is 6.37. The lowest BCUT2D eigenvalue weighted by molar-refractivity contribution is 0.122. The summed E-state index contributed by atoms with van der Waals surface area (Å²) in [7, 11) is -3.59. The predicted octanol–water partition coefficient (Wildman–Crippen LogP) is 2.17. The lowest BCUT2D eigenvalue weighted by Crippen LogP contribution is -2.37. The molecule has 9 heteroatoms. The van der Waals surface area contributed by atoms with Crippen LogP contribution in [-0.2, 0) is 14.8 Å². The van der Waals surface area contributed by atoms with Crippen LogP contribution in [0.5, 0.6) is 0 Å². The van der Waals surface area contributed by atoms with Crippen LogP contribution in [0.25, 0.3) is 10.8 Å². The Morgan fingerprint density at radius 3 is 2.57 bits per heavy atom. The first kappa shape index (κ1) is 20.5. The van der Waals surface area contributed by atoms with E-state index in [-0.39, 0.29) is 11.4 Å². The number of sulfonamides is 1. The summed E-state index contributed by atoms with van der Waals surface area (Å²) in [6.45, 7) is 5.46. The summed E-state index contributed by atoms with van der Waals surface area (Å²) in [6.07, 6.45) is 0. The molecule has 1 fully saturated rings. The van der Waals surface area contributed by atoms with E-state index < -0.39 is 10.0 Å². The summed E-state index contributed by atoms with van der Waals surface area (Å²) in [5.41, 5.74) is 0.853. The Morgan fingerprint density at radius 2 is 1.77 bits per heavy atom. The highest BCUT2D eigenvalue weighted by Crippen LogP contribution is 2.19. The van der Waals surface area contributed by atoms with Gasteiger partial charge in [0.25, 0.3) is 0 Å². The number of hydrogen-bond acceptors (Lipinski definition) is 7. The van der Waals surface area contributed by atoms with Crippen LogP contribution in [0.1, 0.15) is 5.69 Å². The molecule has 2 N–H and O–H groups in total. The zero-order valence-corrected chi connectivity index (χ0v) is 17.7. The molecule has 0 aliphatic carbocycles. The number of aryl methyl sites for hydroxylation is 1. The van der Waals surface area contributed by atoms with Crippen LogP contribution >= 0.6 is 0 Å². The summed E-state index contributed by atoms with van der Waals surface area (Å²) in [4.78, 5) is 11.4. The highest BCUT2D eigenvalue weighted by atomic mass is 32.2. The molecule has 0 radical (unpaired) electrons. The third-order valence-electron chi connectivity index (χ3n) is 4.91. The normalized spacial score (nSPS) is 14.8. The van der Waals surface area contributed by atoms with Gasteiger partial charge in [0.1, 0.15) is 5.82 Å². The number of fused-ring (bicyclic) bond motifs is 1. The summed E-state index contributed by atoms with van der Waals surface area (Å²) < 4.78 is 33.2. The molecule has 2 aromatic carbocycles. The van der Waals surface area contributed by atoms with E-state index in [4.69, 9.17) is 4.74 Å². The fraction of sp³-hybridized carbons (Fsp3) is 0.333. The van der Waals surface area contributed by atoms with Crippen LogP contribution in [-0.4, -0.2) is 57.8 Å². The average molecular weight is 428 g/mol. The topological polar surface area (TPSA) is 96.5 Å². The highest BCUT2D eigenvalue weighted by Gasteiger charge is 2.15. The van der Waals surface area contributed by atoms with Gasteiger partial charge in [-0.3, -0.25) is 0 Å². The Labute approximate surface area is 176 Å². The number of morpholine rings is 1. The van der Waals surface area contributed by atoms with Gasteiger partial charge < -0.3 is 15.0 Å². The monoisotopic (exact) mass is 427 g/mol. The fourth-order valence-electron chi connectivity index (χ4n) is 3.36. The quantitative estimate of drug-likeness (QED) is 0.558. The Morgan fingerprint density at radius 1 is 1.00 bits per heavy atom. The van der Waals surface area contributed by atoms with Crippen molar-refractivity contribution in [1.82, 2.24) is 14.7 Å². The minimum absolute atomic E-state index is 0.222. The van der Waals surface area contributed by atoms with Crippen LogP contribution in [0.15, 0.2) is 53.4 Å². The fourth-order valence-corrected chi connectivity index (χ4v) is 4.43. The first-order chi connectivity index (χ1) is 14.5. The van der Waals surface area contributed by atoms with Crippen molar-refractivity contribution in [3.8, 4) is 0 Å². The third kappa shape index (κ3) is 4.86. The van der Waals surface area contributed by atoms with Crippen molar-refractivity contribution in [2.75, 3.05) is 49.6 Å². The Kier molecular flexibility index (Phi) is 6.12. The van der Waals surface area contributed by atoms with Gasteiger partial charge in [-0.1, -0.05) is 30.3 Å². The van der Waals surface area contributed by atoms with Crippen LogP contribution < -0.4 is 14.9 Å². The summed E-state index contributed by atoms with van der Waals surface area (Å²) >= 11 is 0. The minimum Gasteiger partial charge on any atom is -0.378 e. The van der Waals surface area contributed by atoms with Crippen LogP contribution in [0.3, 0.4) is 0 Å². The molecule has 4 rings (SSSR count). The van der Waals surface area contributed by atoms with Gasteiger partial charge in [0.15, 0.2) is 0 Å². The van der Waals surface area contributed by atoms with Gasteiger partial charge in [0, 0.05) is 37.9 Å². The molecule has 1 aliphatic heterocycles. The number of anilines is 2. The predicted molar refractivity (Wildman–Crippen MR) is 117 cm³/mol. The summed E-state index contributed by atoms with van der Waals surface area (Å²) in [6, 6.07) is 14.7. The molecule has 1 aromatic heterocycles. The van der Waals surface area contributed by atoms with Gasteiger partial charge in [-0.15, -0.1) is 0 Å². The van der Waals surface area contributed by atoms with E-state index in [2.05, 4.69) is 24.9 Å². The second kappa shape index (κ2) is 8.95. The Hall–Kier alpha value is -2.75. The smallest absolute Gasteiger partial charge is 0.240 e. The second-order valence-corrected chi connectivity index (χ2v) is 8.89. The first-order valence-electron chi connectivity index (χ1n) is 9.92. The highest BCUT2D eigenvalue weighted by molar-refractivity contribution is 7.89. The first-order valence-corrected chi connectivity index (χ1v) is 11.4. The molecule has 0 saturated carbocycles. The average Bonchev–Trinajstić information content (AvgIpc) is 2.77. The zero-order chi connectivity index (χ0) is 21.0. The molecule has 1 aliphatic rings. The van der Waals surface area contributed by atoms with E-state index in [1.54, 1.807) is 12.1 Å². The number of ether oxygens (including phenoxy) is 1. The molecule has 30 heavy (non-hydrogen) atoms. The lowest BCUT2D eigenvalue weighted by Gasteiger charge is -2.28. The van der Waals surface area contributed by atoms with Gasteiger partial charge in [-0.25, -0.2) is 18.1 Å². The standard InChI is InChI=1S/C21H25N5O3S/c1-16-14-20(26-10-12-29-13-11-26)25-21(24-16)22-8-9-23-30(27,28)19-7-6-17-4-2-3-5-18(17)15-19/h2-7,14-15,23H,8-13H2,1H3,(H,22,24,25). The van der Waals surface area contributed by atoms with E-state index in [0.717, 1.165) is 35.4 Å². The minimum atomic E-state index is -3.59. The molecule has 0 unspecified atom stereocenters. The molecule has 3 aromatic rings. The molecule has 158 valence electrons. The zero-order valence-electron chi connectivity index (χ0n) is 16.8. The Bertz CT molecular complexity index is 1130. The van der Waals surface area contributed by atoms with E-state index >= 15 is 0 Å². The van der Waals surface area contributed by atoms with Crippen molar-refractivity contribution in [1.29, 1.82) is 0 Å². The van der Waals surface area contributed by atoms with Crippen molar-refractivity contribution in [2.24, 2.45) is 0 Å². The maximum atomic E-state index is 12.6. The molecular formula is C21H25N5O3S. The molecule has 0 atom stereocenters. The van der Waals surface area contributed by atoms with Crippen molar-refractivity contribution in [3.05, 3.63) is 54.2 Å². The number of rotatable bonds is 7. The number of nitrogens with zero attached hydrogens (tertiary/aromatic N) is 3. The largest absolute Gasteiger partial charge is 0.378 e. The molecule has 8 nitrogen and oxygen atoms in total. The van der Waals surface area contributed by atoms with Crippen LogP contribution in [0.2, 0.25) is 0 Å². The number of hydrogen-bond donors (Lipinski definition) is 2. The molecular weight excluding hydrogens is 402 g/mol. The lowest BCUT2D eigenvalue weighted by atomic mass is 10.1. The van der Waals surface area contributed by atoms with Crippen LogP contribution in [0.4, 0.5) is 11.8 Å². The van der Waals surface area contributed by atoms with Crippen molar-refractivity contribution in [2.45, 2.75) is 11.8 Å². The number of nitrogens with one attached hydrogen (secondary N) is 2. The van der Waals surface area contributed by atoms with E-state index in [9.17, 15) is 8.42 Å². The van der Waals surface area contributed by atoms with Crippen LogP contribution in [0, 0.1) is 6.92 Å². The van der Waals surface area contributed by atoms with Crippen molar-refractivity contribution in [3.63, 3.8) is 0 Å². The molecule has 2 heterocycles. The van der Waals surface area contributed by atoms with Crippen molar-refractivity contribution < 1.29 is 13.2 Å². The second-order valence-electron chi connectivity index (χ2n) is 7.12. The molecule has 0 amide bonds. The van der Waals surface area contributed by atoms with Crippen molar-refractivity contribution >= 4 is 32.6 Å². The number of aromatic nitrogens is 2. The summed E-state index contributed by atoms with van der Waals surface area (Å²) in [5.74, 6) is 1.34. The van der Waals surface area contributed by atoms with Gasteiger partial charge in [0.2, 0.25) is 16.0 Å². The maximum Gasteiger partial charge on any atom is 0.240 e. The Balaban J connectivity index is 1.36. The van der Waals surface area contributed by atoms with Gasteiger partial charge in [-0.05, 0) is 29.8 Å². The summed E-state index contributed by atoms with van der Waals surface area (Å²) in [5, 5.41) is 5.01. The number of benzene rings is 2. The van der Waals surface area contributed by atoms with Gasteiger partial charge >= 0.3 is 0 Å². The molecule has 0 spiro atoms. The van der Waals surface area contributed by atoms with E-state index in [0.29, 0.717) is 25.7 Å². The maximum absolute atomic E-state index is 12.6. The van der Waals surface area contributed by atoms with E-state index in [1.807, 2.05) is 43.3 Å². The molecule has 1 saturated heterocycles. The van der Waals surface area contributed by atoms with E-state index in [1.165, 1.54) is 0 Å². The molecule has 0 bridgehead atoms. The van der Waals surface area contributed by atoms with Gasteiger partial charge in [-0.2, -0.15) is 4.98 Å². The SMILES string of the molecule is Cc1cc(N2CCOCC2)nc(NCCNS(=O)(=O)c2ccc3ccccc3c2)n1.